The molecule has 0 aliphatic carbocycles. The largest absolute Gasteiger partial charge is 0.494 e. The summed E-state index contributed by atoms with van der Waals surface area (Å²) in [5.74, 6) is 1.65. The first-order chi connectivity index (χ1) is 16.2. The Morgan fingerprint density at radius 3 is 2.26 bits per heavy atom. The van der Waals surface area contributed by atoms with Crippen molar-refractivity contribution in [1.82, 2.24) is 0 Å². The number of benzene rings is 2. The summed E-state index contributed by atoms with van der Waals surface area (Å²) in [6, 6.07) is 12.6. The van der Waals surface area contributed by atoms with E-state index in [1.807, 2.05) is 18.2 Å². The standard InChI is InChI=1S/C26H33N3O5/c1-16(2)9-14-23-28-25(31)20(15-18-10-12-19(13-11-18)27-17(3)30)26(32)29(23)24-21(33-4)7-6-8-22(24)34-5/h6-8,10-13,16,26,31-32H,9,14-15H2,1-5H3,(H,27,30). The maximum absolute atomic E-state index is 11.5. The molecule has 0 saturated carbocycles. The molecule has 0 spiro atoms. The number of amides is 1. The Morgan fingerprint density at radius 2 is 1.74 bits per heavy atom. The van der Waals surface area contributed by atoms with Gasteiger partial charge in [0.05, 0.1) is 14.2 Å². The molecule has 1 atom stereocenters. The second-order valence-electron chi connectivity index (χ2n) is 8.62. The van der Waals surface area contributed by atoms with Gasteiger partial charge in [-0.05, 0) is 42.2 Å². The monoisotopic (exact) mass is 467 g/mol. The fraction of sp³-hybridized carbons (Fsp3) is 0.385. The number of anilines is 2. The third-order valence-electron chi connectivity index (χ3n) is 5.61. The SMILES string of the molecule is COc1cccc(OC)c1N1C(CCC(C)C)=NC(O)=C(Cc2ccc(NC(C)=O)cc2)C1O. The molecule has 8 nitrogen and oxygen atoms in total. The van der Waals surface area contributed by atoms with E-state index in [-0.39, 0.29) is 18.2 Å². The minimum atomic E-state index is -1.18. The Kier molecular flexibility index (Phi) is 8.17. The number of aliphatic hydroxyl groups is 2. The van der Waals surface area contributed by atoms with Crippen LogP contribution in [0, 0.1) is 5.92 Å². The molecule has 0 saturated heterocycles. The summed E-state index contributed by atoms with van der Waals surface area (Å²) in [7, 11) is 3.12. The van der Waals surface area contributed by atoms with Gasteiger partial charge in [0, 0.05) is 31.0 Å². The number of carbonyl (C=O) groups excluding carboxylic acids is 1. The van der Waals surface area contributed by atoms with Gasteiger partial charge in [-0.15, -0.1) is 0 Å². The highest BCUT2D eigenvalue weighted by atomic mass is 16.5. The number of para-hydroxylation sites is 1. The van der Waals surface area contributed by atoms with Crippen LogP contribution < -0.4 is 19.7 Å². The number of methoxy groups -OCH3 is 2. The number of aliphatic hydroxyl groups excluding tert-OH is 2. The molecule has 1 amide bonds. The lowest BCUT2D eigenvalue weighted by atomic mass is 9.99. The van der Waals surface area contributed by atoms with Crippen LogP contribution in [0.5, 0.6) is 11.5 Å². The summed E-state index contributed by atoms with van der Waals surface area (Å²) in [6.07, 6.45) is 0.466. The van der Waals surface area contributed by atoms with E-state index >= 15 is 0 Å². The Labute approximate surface area is 200 Å². The minimum Gasteiger partial charge on any atom is -0.494 e. The molecular weight excluding hydrogens is 434 g/mol. The Morgan fingerprint density at radius 1 is 1.12 bits per heavy atom. The molecule has 1 unspecified atom stereocenters. The Bertz CT molecular complexity index is 1050. The highest BCUT2D eigenvalue weighted by Gasteiger charge is 2.35. The molecule has 2 aromatic rings. The van der Waals surface area contributed by atoms with Gasteiger partial charge in [0.2, 0.25) is 11.8 Å². The van der Waals surface area contributed by atoms with Crippen LogP contribution in [0.3, 0.4) is 0 Å². The van der Waals surface area contributed by atoms with Crippen molar-refractivity contribution >= 4 is 23.1 Å². The summed E-state index contributed by atoms with van der Waals surface area (Å²) < 4.78 is 11.2. The zero-order chi connectivity index (χ0) is 24.8. The highest BCUT2D eigenvalue weighted by molar-refractivity contribution is 6.02. The molecule has 182 valence electrons. The van der Waals surface area contributed by atoms with Gasteiger partial charge in [-0.25, -0.2) is 4.99 Å². The molecule has 0 aromatic heterocycles. The lowest BCUT2D eigenvalue weighted by Gasteiger charge is -2.37. The number of rotatable bonds is 9. The van der Waals surface area contributed by atoms with Crippen LogP contribution in [0.1, 0.15) is 39.2 Å². The average Bonchev–Trinajstić information content (AvgIpc) is 2.80. The van der Waals surface area contributed by atoms with Crippen LogP contribution in [-0.2, 0) is 11.2 Å². The number of carbonyl (C=O) groups is 1. The van der Waals surface area contributed by atoms with E-state index in [2.05, 4.69) is 24.2 Å². The van der Waals surface area contributed by atoms with Crippen LogP contribution in [0.25, 0.3) is 0 Å². The van der Waals surface area contributed by atoms with Crippen molar-refractivity contribution in [2.45, 2.75) is 46.3 Å². The molecular formula is C26H33N3O5. The predicted molar refractivity (Wildman–Crippen MR) is 134 cm³/mol. The first-order valence-corrected chi connectivity index (χ1v) is 11.3. The summed E-state index contributed by atoms with van der Waals surface area (Å²) >= 11 is 0. The van der Waals surface area contributed by atoms with Crippen LogP contribution in [-0.4, -0.2) is 42.4 Å². The second-order valence-corrected chi connectivity index (χ2v) is 8.62. The fourth-order valence-electron chi connectivity index (χ4n) is 3.87. The third kappa shape index (κ3) is 5.69. The van der Waals surface area contributed by atoms with Crippen molar-refractivity contribution in [3.63, 3.8) is 0 Å². The van der Waals surface area contributed by atoms with Crippen LogP contribution >= 0.6 is 0 Å². The van der Waals surface area contributed by atoms with E-state index < -0.39 is 6.23 Å². The van der Waals surface area contributed by atoms with Crippen LogP contribution in [0.2, 0.25) is 0 Å². The van der Waals surface area contributed by atoms with Gasteiger partial charge in [-0.1, -0.05) is 32.0 Å². The lowest BCUT2D eigenvalue weighted by molar-refractivity contribution is -0.114. The number of aliphatic imine (C=N–C) groups is 1. The van der Waals surface area contributed by atoms with Crippen molar-refractivity contribution in [2.75, 3.05) is 24.4 Å². The number of amidine groups is 1. The molecule has 3 N–H and O–H groups in total. The zero-order valence-corrected chi connectivity index (χ0v) is 20.3. The number of hydrogen-bond donors (Lipinski definition) is 3. The topological polar surface area (TPSA) is 104 Å². The Balaban J connectivity index is 2.02. The van der Waals surface area contributed by atoms with Gasteiger partial charge < -0.3 is 25.0 Å². The Hall–Kier alpha value is -3.52. The predicted octanol–water partition coefficient (Wildman–Crippen LogP) is 4.65. The third-order valence-corrected chi connectivity index (χ3v) is 5.61. The van der Waals surface area contributed by atoms with Crippen LogP contribution in [0.4, 0.5) is 11.4 Å². The fourth-order valence-corrected chi connectivity index (χ4v) is 3.87. The quantitative estimate of drug-likeness (QED) is 0.496. The van der Waals surface area contributed by atoms with E-state index in [1.165, 1.54) is 6.92 Å². The number of nitrogens with zero attached hydrogens (tertiary/aromatic N) is 2. The van der Waals surface area contributed by atoms with Crippen molar-refractivity contribution in [1.29, 1.82) is 0 Å². The number of ether oxygens (including phenoxy) is 2. The molecule has 3 rings (SSSR count). The highest BCUT2D eigenvalue weighted by Crippen LogP contribution is 2.42. The summed E-state index contributed by atoms with van der Waals surface area (Å²) in [5, 5.41) is 25.1. The van der Waals surface area contributed by atoms with E-state index in [0.29, 0.717) is 46.6 Å². The van der Waals surface area contributed by atoms with Gasteiger partial charge in [0.25, 0.3) is 0 Å². The summed E-state index contributed by atoms with van der Waals surface area (Å²) in [6.45, 7) is 5.67. The van der Waals surface area contributed by atoms with Crippen LogP contribution in [0.15, 0.2) is 58.9 Å². The second kappa shape index (κ2) is 11.1. The van der Waals surface area contributed by atoms with Gasteiger partial charge >= 0.3 is 0 Å². The number of hydrogen-bond acceptors (Lipinski definition) is 7. The van der Waals surface area contributed by atoms with Crippen molar-refractivity contribution in [3.05, 3.63) is 59.5 Å². The van der Waals surface area contributed by atoms with E-state index in [0.717, 1.165) is 12.0 Å². The van der Waals surface area contributed by atoms with Gasteiger partial charge in [0.1, 0.15) is 23.0 Å². The minimum absolute atomic E-state index is 0.152. The van der Waals surface area contributed by atoms with Crippen molar-refractivity contribution in [2.24, 2.45) is 10.9 Å². The maximum atomic E-state index is 11.5. The summed E-state index contributed by atoms with van der Waals surface area (Å²) in [4.78, 5) is 17.5. The molecule has 0 fully saturated rings. The van der Waals surface area contributed by atoms with Crippen molar-refractivity contribution in [3.8, 4) is 11.5 Å². The smallest absolute Gasteiger partial charge is 0.221 e. The first kappa shape index (κ1) is 25.1. The summed E-state index contributed by atoms with van der Waals surface area (Å²) in [5.41, 5.74) is 2.43. The normalized spacial score (nSPS) is 15.9. The molecule has 1 heterocycles. The molecule has 8 heteroatoms. The lowest BCUT2D eigenvalue weighted by Crippen LogP contribution is -2.45. The van der Waals surface area contributed by atoms with Gasteiger partial charge in [-0.3, -0.25) is 9.69 Å². The number of nitrogens with one attached hydrogen (secondary N) is 1. The first-order valence-electron chi connectivity index (χ1n) is 11.3. The molecule has 0 radical (unpaired) electrons. The molecule has 1 aliphatic rings. The van der Waals surface area contributed by atoms with Gasteiger partial charge in [-0.2, -0.15) is 0 Å². The molecule has 0 bridgehead atoms. The molecule has 1 aliphatic heterocycles. The molecule has 2 aromatic carbocycles. The van der Waals surface area contributed by atoms with Gasteiger partial charge in [0.15, 0.2) is 6.23 Å². The zero-order valence-electron chi connectivity index (χ0n) is 20.3. The average molecular weight is 468 g/mol. The van der Waals surface area contributed by atoms with E-state index in [1.54, 1.807) is 43.4 Å². The van der Waals surface area contributed by atoms with Crippen molar-refractivity contribution < 1.29 is 24.5 Å². The maximum Gasteiger partial charge on any atom is 0.221 e. The van der Waals surface area contributed by atoms with E-state index in [4.69, 9.17) is 9.47 Å². The van der Waals surface area contributed by atoms with E-state index in [9.17, 15) is 15.0 Å². The molecule has 34 heavy (non-hydrogen) atoms.